The molecule has 0 saturated heterocycles. The number of rotatable bonds is 5. The number of carbonyl (C=O) groups is 2. The highest BCUT2D eigenvalue weighted by atomic mass is 16.5. The number of hydrogen-bond acceptors (Lipinski definition) is 3. The van der Waals surface area contributed by atoms with Crippen LogP contribution in [0, 0.1) is 13.8 Å². The minimum absolute atomic E-state index is 0.170. The number of ether oxygens (including phenoxy) is 1. The molecule has 2 aromatic carbocycles. The van der Waals surface area contributed by atoms with E-state index in [1.807, 2.05) is 26.0 Å². The van der Waals surface area contributed by atoms with Crippen molar-refractivity contribution in [1.29, 1.82) is 0 Å². The molecule has 0 saturated carbocycles. The van der Waals surface area contributed by atoms with Gasteiger partial charge in [-0.2, -0.15) is 0 Å². The Bertz CT molecular complexity index is 769. The summed E-state index contributed by atoms with van der Waals surface area (Å²) in [7, 11) is 1.64. The maximum Gasteiger partial charge on any atom is 0.251 e. The van der Waals surface area contributed by atoms with Crippen molar-refractivity contribution < 1.29 is 14.3 Å². The van der Waals surface area contributed by atoms with Gasteiger partial charge in [-0.15, -0.1) is 0 Å². The van der Waals surface area contributed by atoms with Gasteiger partial charge >= 0.3 is 0 Å². The zero-order valence-electron chi connectivity index (χ0n) is 14.4. The Hall–Kier alpha value is -2.82. The minimum Gasteiger partial charge on any atom is -0.496 e. The first-order valence-corrected chi connectivity index (χ1v) is 7.70. The topological polar surface area (TPSA) is 67.4 Å². The molecule has 24 heavy (non-hydrogen) atoms. The summed E-state index contributed by atoms with van der Waals surface area (Å²) in [5.41, 5.74) is 4.24. The van der Waals surface area contributed by atoms with Crippen LogP contribution in [0.1, 0.15) is 34.0 Å². The van der Waals surface area contributed by atoms with Crippen LogP contribution in [0.3, 0.4) is 0 Å². The Morgan fingerprint density at radius 2 is 1.83 bits per heavy atom. The van der Waals surface area contributed by atoms with Crippen LogP contribution in [0.25, 0.3) is 0 Å². The van der Waals surface area contributed by atoms with E-state index in [1.165, 1.54) is 6.92 Å². The Labute approximate surface area is 142 Å². The van der Waals surface area contributed by atoms with E-state index in [0.29, 0.717) is 17.8 Å². The molecule has 5 heteroatoms. The van der Waals surface area contributed by atoms with E-state index in [-0.39, 0.29) is 11.8 Å². The Morgan fingerprint density at radius 3 is 2.50 bits per heavy atom. The molecule has 0 bridgehead atoms. The van der Waals surface area contributed by atoms with Gasteiger partial charge in [-0.25, -0.2) is 0 Å². The summed E-state index contributed by atoms with van der Waals surface area (Å²) in [6.45, 7) is 5.82. The molecule has 0 atom stereocenters. The molecule has 0 radical (unpaired) electrons. The summed E-state index contributed by atoms with van der Waals surface area (Å²) in [4.78, 5) is 23.4. The normalized spacial score (nSPS) is 10.2. The van der Waals surface area contributed by atoms with Gasteiger partial charge in [0.25, 0.3) is 5.91 Å². The van der Waals surface area contributed by atoms with Gasteiger partial charge in [-0.1, -0.05) is 12.1 Å². The minimum atomic E-state index is -0.185. The van der Waals surface area contributed by atoms with Crippen molar-refractivity contribution in [2.24, 2.45) is 0 Å². The van der Waals surface area contributed by atoms with Crippen LogP contribution in [0.15, 0.2) is 36.4 Å². The molecule has 0 aliphatic carbocycles. The summed E-state index contributed by atoms with van der Waals surface area (Å²) in [5.74, 6) is 0.484. The molecule has 0 aliphatic rings. The van der Waals surface area contributed by atoms with Gasteiger partial charge in [0, 0.05) is 24.7 Å². The van der Waals surface area contributed by atoms with Gasteiger partial charge < -0.3 is 15.4 Å². The van der Waals surface area contributed by atoms with Gasteiger partial charge in [-0.3, -0.25) is 9.59 Å². The van der Waals surface area contributed by atoms with Gasteiger partial charge in [0.15, 0.2) is 0 Å². The monoisotopic (exact) mass is 326 g/mol. The molecular weight excluding hydrogens is 304 g/mol. The number of carbonyl (C=O) groups excluding carboxylic acids is 2. The van der Waals surface area contributed by atoms with Gasteiger partial charge in [0.05, 0.1) is 7.11 Å². The largest absolute Gasteiger partial charge is 0.496 e. The number of anilines is 1. The third-order valence-electron chi connectivity index (χ3n) is 3.74. The molecule has 5 nitrogen and oxygen atoms in total. The fourth-order valence-electron chi connectivity index (χ4n) is 2.48. The van der Waals surface area contributed by atoms with Crippen molar-refractivity contribution >= 4 is 17.5 Å². The van der Waals surface area contributed by atoms with Gasteiger partial charge in [0.2, 0.25) is 5.91 Å². The molecule has 0 aromatic heterocycles. The fraction of sp³-hybridized carbons (Fsp3) is 0.263. The average Bonchev–Trinajstić information content (AvgIpc) is 2.54. The molecule has 0 spiro atoms. The SMILES string of the molecule is COc1cc(C)c(CNC(=O)c2cccc(NC(C)=O)c2)cc1C. The molecule has 2 amide bonds. The second-order valence-electron chi connectivity index (χ2n) is 5.69. The third-order valence-corrected chi connectivity index (χ3v) is 3.74. The second kappa shape index (κ2) is 7.64. The van der Waals surface area contributed by atoms with Crippen molar-refractivity contribution in [2.45, 2.75) is 27.3 Å². The van der Waals surface area contributed by atoms with Crippen LogP contribution in [0.4, 0.5) is 5.69 Å². The summed E-state index contributed by atoms with van der Waals surface area (Å²) in [6, 6.07) is 10.8. The van der Waals surface area contributed by atoms with Crippen LogP contribution in [0.5, 0.6) is 5.75 Å². The fourth-order valence-corrected chi connectivity index (χ4v) is 2.48. The average molecular weight is 326 g/mol. The second-order valence-corrected chi connectivity index (χ2v) is 5.69. The predicted octanol–water partition coefficient (Wildman–Crippen LogP) is 3.20. The first-order chi connectivity index (χ1) is 11.4. The standard InChI is InChI=1S/C19H22N2O3/c1-12-9-18(24-4)13(2)8-16(12)11-20-19(23)15-6-5-7-17(10-15)21-14(3)22/h5-10H,11H2,1-4H3,(H,20,23)(H,21,22). The predicted molar refractivity (Wildman–Crippen MR) is 94.4 cm³/mol. The highest BCUT2D eigenvalue weighted by molar-refractivity contribution is 5.96. The summed E-state index contributed by atoms with van der Waals surface area (Å²) in [6.07, 6.45) is 0. The van der Waals surface area contributed by atoms with E-state index in [9.17, 15) is 9.59 Å². The molecule has 0 heterocycles. The summed E-state index contributed by atoms with van der Waals surface area (Å²) >= 11 is 0. The van der Waals surface area contributed by atoms with E-state index < -0.39 is 0 Å². The van der Waals surface area contributed by atoms with Gasteiger partial charge in [-0.05, 0) is 54.8 Å². The molecular formula is C19H22N2O3. The Morgan fingerprint density at radius 1 is 1.08 bits per heavy atom. The number of amides is 2. The lowest BCUT2D eigenvalue weighted by molar-refractivity contribution is -0.114. The van der Waals surface area contributed by atoms with Crippen molar-refractivity contribution in [3.8, 4) is 5.75 Å². The number of hydrogen-bond donors (Lipinski definition) is 2. The maximum atomic E-state index is 12.3. The van der Waals surface area contributed by atoms with Crippen LogP contribution in [0.2, 0.25) is 0 Å². The smallest absolute Gasteiger partial charge is 0.251 e. The zero-order valence-corrected chi connectivity index (χ0v) is 14.4. The molecule has 0 fully saturated rings. The van der Waals surface area contributed by atoms with Crippen LogP contribution in [-0.2, 0) is 11.3 Å². The quantitative estimate of drug-likeness (QED) is 0.886. The maximum absolute atomic E-state index is 12.3. The summed E-state index contributed by atoms with van der Waals surface area (Å²) in [5, 5.41) is 5.58. The van der Waals surface area contributed by atoms with E-state index in [4.69, 9.17) is 4.74 Å². The zero-order chi connectivity index (χ0) is 17.7. The van der Waals surface area contributed by atoms with Crippen LogP contribution < -0.4 is 15.4 Å². The van der Waals surface area contributed by atoms with E-state index in [0.717, 1.165) is 22.4 Å². The number of nitrogens with one attached hydrogen (secondary N) is 2. The lowest BCUT2D eigenvalue weighted by Gasteiger charge is -2.12. The Kier molecular flexibility index (Phi) is 5.58. The molecule has 2 N–H and O–H groups in total. The molecule has 126 valence electrons. The Balaban J connectivity index is 2.08. The lowest BCUT2D eigenvalue weighted by atomic mass is 10.0. The van der Waals surface area contributed by atoms with Gasteiger partial charge in [0.1, 0.15) is 5.75 Å². The van der Waals surface area contributed by atoms with E-state index >= 15 is 0 Å². The van der Waals surface area contributed by atoms with Crippen molar-refractivity contribution in [3.05, 3.63) is 58.7 Å². The number of benzene rings is 2. The number of aryl methyl sites for hydroxylation is 2. The highest BCUT2D eigenvalue weighted by Crippen LogP contribution is 2.22. The molecule has 2 aromatic rings. The van der Waals surface area contributed by atoms with E-state index in [2.05, 4.69) is 10.6 Å². The first-order valence-electron chi connectivity index (χ1n) is 7.70. The van der Waals surface area contributed by atoms with E-state index in [1.54, 1.807) is 31.4 Å². The van der Waals surface area contributed by atoms with Crippen LogP contribution >= 0.6 is 0 Å². The molecule has 2 rings (SSSR count). The van der Waals surface area contributed by atoms with Crippen molar-refractivity contribution in [1.82, 2.24) is 5.32 Å². The lowest BCUT2D eigenvalue weighted by Crippen LogP contribution is -2.23. The number of methoxy groups -OCH3 is 1. The highest BCUT2D eigenvalue weighted by Gasteiger charge is 2.09. The van der Waals surface area contributed by atoms with Crippen LogP contribution in [-0.4, -0.2) is 18.9 Å². The van der Waals surface area contributed by atoms with Crippen molar-refractivity contribution in [3.63, 3.8) is 0 Å². The third kappa shape index (κ3) is 4.35. The molecule has 0 aliphatic heterocycles. The molecule has 0 unspecified atom stereocenters. The first kappa shape index (κ1) is 17.5. The van der Waals surface area contributed by atoms with Crippen molar-refractivity contribution in [2.75, 3.05) is 12.4 Å². The summed E-state index contributed by atoms with van der Waals surface area (Å²) < 4.78 is 5.30.